The molecule has 170 valence electrons. The first-order valence-electron chi connectivity index (χ1n) is 10.5. The number of rotatable bonds is 7. The standard InChI is InChI=1S/C24H27F6N/c1-31(16-18-6-3-2-4-7-18)13-5-8-17-9-11-19(12-10-17)20-14-21(23(25,26)27)22(15-20)24(28,29)30/h2-4,6-7,9-12,20-22H,5,8,13-16H2,1H3. The Morgan fingerprint density at radius 1 is 0.774 bits per heavy atom. The van der Waals surface area contributed by atoms with E-state index in [1.54, 1.807) is 12.1 Å². The zero-order chi connectivity index (χ0) is 22.6. The summed E-state index contributed by atoms with van der Waals surface area (Å²) < 4.78 is 78.8. The van der Waals surface area contributed by atoms with Gasteiger partial charge in [-0.2, -0.15) is 26.3 Å². The molecule has 1 aliphatic rings. The number of nitrogens with zero attached hydrogens (tertiary/aromatic N) is 1. The Morgan fingerprint density at radius 2 is 1.32 bits per heavy atom. The molecule has 1 fully saturated rings. The molecule has 0 heterocycles. The van der Waals surface area contributed by atoms with E-state index >= 15 is 0 Å². The minimum Gasteiger partial charge on any atom is -0.302 e. The van der Waals surface area contributed by atoms with Gasteiger partial charge in [-0.05, 0) is 61.9 Å². The summed E-state index contributed by atoms with van der Waals surface area (Å²) in [5.74, 6) is -5.36. The second-order valence-corrected chi connectivity index (χ2v) is 8.53. The van der Waals surface area contributed by atoms with Gasteiger partial charge in [-0.1, -0.05) is 54.6 Å². The molecule has 3 rings (SSSR count). The van der Waals surface area contributed by atoms with Crippen molar-refractivity contribution in [3.05, 3.63) is 71.3 Å². The van der Waals surface area contributed by atoms with Crippen LogP contribution >= 0.6 is 0 Å². The van der Waals surface area contributed by atoms with Crippen molar-refractivity contribution in [2.24, 2.45) is 11.8 Å². The van der Waals surface area contributed by atoms with Crippen molar-refractivity contribution < 1.29 is 26.3 Å². The van der Waals surface area contributed by atoms with Gasteiger partial charge in [0.1, 0.15) is 0 Å². The lowest BCUT2D eigenvalue weighted by Crippen LogP contribution is -2.35. The van der Waals surface area contributed by atoms with Crippen LogP contribution in [-0.2, 0) is 13.0 Å². The third-order valence-electron chi connectivity index (χ3n) is 6.16. The van der Waals surface area contributed by atoms with Crippen LogP contribution in [0.1, 0.15) is 41.9 Å². The number of benzene rings is 2. The average Bonchev–Trinajstić information content (AvgIpc) is 3.16. The van der Waals surface area contributed by atoms with Crippen LogP contribution in [0.5, 0.6) is 0 Å². The molecule has 0 aromatic heterocycles. The average molecular weight is 443 g/mol. The molecule has 7 heteroatoms. The highest BCUT2D eigenvalue weighted by molar-refractivity contribution is 5.27. The Morgan fingerprint density at radius 3 is 1.84 bits per heavy atom. The second kappa shape index (κ2) is 9.63. The third-order valence-corrected chi connectivity index (χ3v) is 6.16. The molecule has 0 radical (unpaired) electrons. The van der Waals surface area contributed by atoms with Crippen molar-refractivity contribution in [3.63, 3.8) is 0 Å². The molecule has 1 saturated carbocycles. The SMILES string of the molecule is CN(CCCc1ccc(C2CC(C(F)(F)F)C(C(F)(F)F)C2)cc1)Cc1ccccc1. The highest BCUT2D eigenvalue weighted by Crippen LogP contribution is 2.54. The molecule has 2 aromatic carbocycles. The molecule has 1 nitrogen and oxygen atoms in total. The molecule has 2 unspecified atom stereocenters. The quantitative estimate of drug-likeness (QED) is 0.417. The monoisotopic (exact) mass is 443 g/mol. The fraction of sp³-hybridized carbons (Fsp3) is 0.500. The van der Waals surface area contributed by atoms with Crippen molar-refractivity contribution in [1.82, 2.24) is 4.90 Å². The summed E-state index contributed by atoms with van der Waals surface area (Å²) in [4.78, 5) is 2.22. The van der Waals surface area contributed by atoms with E-state index in [0.717, 1.165) is 31.5 Å². The van der Waals surface area contributed by atoms with E-state index in [1.165, 1.54) is 5.56 Å². The summed E-state index contributed by atoms with van der Waals surface area (Å²) in [6, 6.07) is 17.2. The van der Waals surface area contributed by atoms with Crippen LogP contribution in [0.2, 0.25) is 0 Å². The lowest BCUT2D eigenvalue weighted by Gasteiger charge is -2.24. The molecule has 0 N–H and O–H groups in total. The van der Waals surface area contributed by atoms with Gasteiger partial charge in [0, 0.05) is 6.54 Å². The first-order chi connectivity index (χ1) is 14.5. The largest absolute Gasteiger partial charge is 0.392 e. The summed E-state index contributed by atoms with van der Waals surface area (Å²) >= 11 is 0. The first kappa shape index (κ1) is 23.6. The van der Waals surface area contributed by atoms with Gasteiger partial charge in [-0.15, -0.1) is 0 Å². The summed E-state index contributed by atoms with van der Waals surface area (Å²) in [5, 5.41) is 0. The smallest absolute Gasteiger partial charge is 0.302 e. The van der Waals surface area contributed by atoms with Crippen LogP contribution in [0.3, 0.4) is 0 Å². The number of hydrogen-bond donors (Lipinski definition) is 0. The maximum absolute atomic E-state index is 13.1. The molecule has 0 bridgehead atoms. The van der Waals surface area contributed by atoms with E-state index in [0.29, 0.717) is 5.56 Å². The van der Waals surface area contributed by atoms with Gasteiger partial charge in [-0.25, -0.2) is 0 Å². The molecule has 1 aliphatic carbocycles. The van der Waals surface area contributed by atoms with Crippen LogP contribution in [0, 0.1) is 11.8 Å². The minimum atomic E-state index is -4.83. The topological polar surface area (TPSA) is 3.24 Å². The van der Waals surface area contributed by atoms with Gasteiger partial charge in [0.15, 0.2) is 0 Å². The van der Waals surface area contributed by atoms with Crippen LogP contribution in [0.15, 0.2) is 54.6 Å². The minimum absolute atomic E-state index is 0.503. The Bertz CT molecular complexity index is 791. The van der Waals surface area contributed by atoms with E-state index in [-0.39, 0.29) is 0 Å². The molecule has 0 spiro atoms. The Balaban J connectivity index is 1.53. The van der Waals surface area contributed by atoms with Crippen LogP contribution < -0.4 is 0 Å². The normalized spacial score (nSPS) is 22.3. The molecule has 2 aromatic rings. The van der Waals surface area contributed by atoms with Gasteiger partial charge in [0.2, 0.25) is 0 Å². The maximum atomic E-state index is 13.1. The molecular formula is C24H27F6N. The number of alkyl halides is 6. The zero-order valence-electron chi connectivity index (χ0n) is 17.4. The third kappa shape index (κ3) is 6.48. The second-order valence-electron chi connectivity index (χ2n) is 8.53. The predicted octanol–water partition coefficient (Wildman–Crippen LogP) is 6.99. The van der Waals surface area contributed by atoms with E-state index in [1.807, 2.05) is 37.4 Å². The van der Waals surface area contributed by atoms with Gasteiger partial charge in [-0.3, -0.25) is 0 Å². The molecule has 0 amide bonds. The van der Waals surface area contributed by atoms with Gasteiger partial charge in [0.05, 0.1) is 11.8 Å². The molecular weight excluding hydrogens is 416 g/mol. The number of hydrogen-bond acceptors (Lipinski definition) is 1. The summed E-state index contributed by atoms with van der Waals surface area (Å²) in [7, 11) is 2.05. The molecule has 2 atom stereocenters. The van der Waals surface area contributed by atoms with Crippen molar-refractivity contribution in [2.45, 2.75) is 50.5 Å². The zero-order valence-corrected chi connectivity index (χ0v) is 17.4. The van der Waals surface area contributed by atoms with E-state index in [4.69, 9.17) is 0 Å². The fourth-order valence-electron chi connectivity index (χ4n) is 4.52. The van der Waals surface area contributed by atoms with Crippen molar-refractivity contribution in [2.75, 3.05) is 13.6 Å². The number of aryl methyl sites for hydroxylation is 1. The maximum Gasteiger partial charge on any atom is 0.392 e. The molecule has 0 saturated heterocycles. The van der Waals surface area contributed by atoms with E-state index < -0.39 is 42.9 Å². The van der Waals surface area contributed by atoms with Gasteiger partial charge < -0.3 is 4.90 Å². The van der Waals surface area contributed by atoms with Gasteiger partial charge >= 0.3 is 12.4 Å². The van der Waals surface area contributed by atoms with Crippen LogP contribution in [0.25, 0.3) is 0 Å². The Kier molecular flexibility index (Phi) is 7.35. The van der Waals surface area contributed by atoms with Crippen molar-refractivity contribution >= 4 is 0 Å². The summed E-state index contributed by atoms with van der Waals surface area (Å²) in [6.07, 6.45) is -8.95. The van der Waals surface area contributed by atoms with E-state index in [2.05, 4.69) is 17.0 Å². The Hall–Kier alpha value is -2.02. The lowest BCUT2D eigenvalue weighted by atomic mass is 9.94. The van der Waals surface area contributed by atoms with Crippen LogP contribution in [0.4, 0.5) is 26.3 Å². The first-order valence-corrected chi connectivity index (χ1v) is 10.5. The highest BCUT2D eigenvalue weighted by Gasteiger charge is 2.59. The van der Waals surface area contributed by atoms with Crippen LogP contribution in [-0.4, -0.2) is 30.8 Å². The number of halogens is 6. The summed E-state index contributed by atoms with van der Waals surface area (Å²) in [5.41, 5.74) is 2.83. The predicted molar refractivity (Wildman–Crippen MR) is 109 cm³/mol. The lowest BCUT2D eigenvalue weighted by molar-refractivity contribution is -0.245. The van der Waals surface area contributed by atoms with Crippen molar-refractivity contribution in [3.8, 4) is 0 Å². The fourth-order valence-corrected chi connectivity index (χ4v) is 4.52. The van der Waals surface area contributed by atoms with Crippen molar-refractivity contribution in [1.29, 1.82) is 0 Å². The highest BCUT2D eigenvalue weighted by atomic mass is 19.4. The Labute approximate surface area is 179 Å². The van der Waals surface area contributed by atoms with Gasteiger partial charge in [0.25, 0.3) is 0 Å². The molecule has 31 heavy (non-hydrogen) atoms. The summed E-state index contributed by atoms with van der Waals surface area (Å²) in [6.45, 7) is 1.74. The molecule has 0 aliphatic heterocycles. The van der Waals surface area contributed by atoms with E-state index in [9.17, 15) is 26.3 Å².